The second kappa shape index (κ2) is 2.03. The first-order chi connectivity index (χ1) is 3.77. The fourth-order valence-corrected chi connectivity index (χ4v) is 0.968. The van der Waals surface area contributed by atoms with Gasteiger partial charge in [-0.15, -0.1) is 0 Å². The van der Waals surface area contributed by atoms with Gasteiger partial charge in [-0.1, -0.05) is 0 Å². The summed E-state index contributed by atoms with van der Waals surface area (Å²) in [6.07, 6.45) is 1.14. The molecule has 0 aromatic rings. The fourth-order valence-electron chi connectivity index (χ4n) is 0.968. The predicted octanol–water partition coefficient (Wildman–Crippen LogP) is 0.385. The molecule has 1 atom stereocenters. The Hall–Kier alpha value is -0.0800. The molecule has 2 nitrogen and oxygen atoms in total. The molecular weight excluding hydrogens is 102 g/mol. The summed E-state index contributed by atoms with van der Waals surface area (Å²) in [6, 6.07) is 0. The molecule has 0 amide bonds. The minimum Gasteiger partial charge on any atom is -0.377 e. The van der Waals surface area contributed by atoms with Gasteiger partial charge in [-0.3, -0.25) is 0 Å². The summed E-state index contributed by atoms with van der Waals surface area (Å²) in [5.74, 6) is 0. The van der Waals surface area contributed by atoms with Crippen molar-refractivity contribution in [3.05, 3.63) is 0 Å². The van der Waals surface area contributed by atoms with Crippen molar-refractivity contribution in [2.45, 2.75) is 18.9 Å². The molecule has 1 aliphatic rings. The molecule has 48 valence electrons. The Morgan fingerprint density at radius 2 is 2.38 bits per heavy atom. The lowest BCUT2D eigenvalue weighted by Gasteiger charge is -2.19. The molecule has 1 aliphatic heterocycles. The average molecular weight is 115 g/mol. The quantitative estimate of drug-likeness (QED) is 0.533. The number of rotatable bonds is 1. The summed E-state index contributed by atoms with van der Waals surface area (Å²) in [7, 11) is 1.77. The summed E-state index contributed by atoms with van der Waals surface area (Å²) in [5.41, 5.74) is 0.125. The van der Waals surface area contributed by atoms with Gasteiger partial charge in [-0.2, -0.15) is 0 Å². The smallest absolute Gasteiger partial charge is 0.0786 e. The van der Waals surface area contributed by atoms with Crippen molar-refractivity contribution in [2.75, 3.05) is 20.2 Å². The lowest BCUT2D eigenvalue weighted by atomic mass is 10.1. The standard InChI is InChI=1S/C6H13NO/c1-6(8-2)3-4-7-5-6/h7H,3-5H2,1-2H3/t6-/m0/s1. The third-order valence-electron chi connectivity index (χ3n) is 1.82. The van der Waals surface area contributed by atoms with Crippen LogP contribution in [-0.2, 0) is 4.74 Å². The SMILES string of the molecule is CO[C@@]1(C)CCNC1. The molecule has 0 aliphatic carbocycles. The topological polar surface area (TPSA) is 21.3 Å². The number of hydrogen-bond donors (Lipinski definition) is 1. The Kier molecular flexibility index (Phi) is 1.54. The van der Waals surface area contributed by atoms with Crippen molar-refractivity contribution in [3.8, 4) is 0 Å². The van der Waals surface area contributed by atoms with E-state index in [9.17, 15) is 0 Å². The molecule has 1 N–H and O–H groups in total. The molecule has 1 fully saturated rings. The largest absolute Gasteiger partial charge is 0.377 e. The number of nitrogens with one attached hydrogen (secondary N) is 1. The molecule has 1 saturated heterocycles. The molecule has 2 heteroatoms. The summed E-state index contributed by atoms with van der Waals surface area (Å²) in [5, 5.41) is 3.24. The fraction of sp³-hybridized carbons (Fsp3) is 1.00. The Morgan fingerprint density at radius 3 is 2.62 bits per heavy atom. The van der Waals surface area contributed by atoms with E-state index in [2.05, 4.69) is 12.2 Å². The van der Waals surface area contributed by atoms with Crippen molar-refractivity contribution in [1.29, 1.82) is 0 Å². The monoisotopic (exact) mass is 115 g/mol. The van der Waals surface area contributed by atoms with Crippen LogP contribution in [-0.4, -0.2) is 25.8 Å². The molecule has 0 aromatic heterocycles. The minimum atomic E-state index is 0.125. The van der Waals surface area contributed by atoms with Crippen LogP contribution in [0, 0.1) is 0 Å². The van der Waals surface area contributed by atoms with E-state index in [0.717, 1.165) is 19.5 Å². The lowest BCUT2D eigenvalue weighted by Crippen LogP contribution is -2.29. The Labute approximate surface area is 50.2 Å². The van der Waals surface area contributed by atoms with E-state index in [4.69, 9.17) is 4.74 Å². The minimum absolute atomic E-state index is 0.125. The maximum absolute atomic E-state index is 5.24. The van der Waals surface area contributed by atoms with E-state index in [1.807, 2.05) is 0 Å². The first-order valence-electron chi connectivity index (χ1n) is 3.03. The van der Waals surface area contributed by atoms with Crippen molar-refractivity contribution in [2.24, 2.45) is 0 Å². The number of methoxy groups -OCH3 is 1. The van der Waals surface area contributed by atoms with Gasteiger partial charge in [-0.25, -0.2) is 0 Å². The van der Waals surface area contributed by atoms with E-state index >= 15 is 0 Å². The lowest BCUT2D eigenvalue weighted by molar-refractivity contribution is 0.0242. The normalized spacial score (nSPS) is 38.2. The van der Waals surface area contributed by atoms with Crippen LogP contribution >= 0.6 is 0 Å². The number of hydrogen-bond acceptors (Lipinski definition) is 2. The van der Waals surface area contributed by atoms with Crippen LogP contribution in [0.3, 0.4) is 0 Å². The third-order valence-corrected chi connectivity index (χ3v) is 1.82. The Morgan fingerprint density at radius 1 is 1.62 bits per heavy atom. The highest BCUT2D eigenvalue weighted by atomic mass is 16.5. The first-order valence-corrected chi connectivity index (χ1v) is 3.03. The van der Waals surface area contributed by atoms with Crippen molar-refractivity contribution in [3.63, 3.8) is 0 Å². The van der Waals surface area contributed by atoms with Crippen LogP contribution in [0.5, 0.6) is 0 Å². The Balaban J connectivity index is 2.40. The van der Waals surface area contributed by atoms with Crippen LogP contribution in [0.25, 0.3) is 0 Å². The van der Waals surface area contributed by atoms with E-state index in [1.54, 1.807) is 7.11 Å². The van der Waals surface area contributed by atoms with Gasteiger partial charge in [0.15, 0.2) is 0 Å². The molecule has 0 spiro atoms. The van der Waals surface area contributed by atoms with E-state index in [-0.39, 0.29) is 5.60 Å². The summed E-state index contributed by atoms with van der Waals surface area (Å²) < 4.78 is 5.24. The number of ether oxygens (including phenoxy) is 1. The molecule has 8 heavy (non-hydrogen) atoms. The van der Waals surface area contributed by atoms with Gasteiger partial charge in [0, 0.05) is 13.7 Å². The zero-order valence-corrected chi connectivity index (χ0v) is 5.53. The van der Waals surface area contributed by atoms with Gasteiger partial charge in [0.2, 0.25) is 0 Å². The van der Waals surface area contributed by atoms with E-state index in [0.29, 0.717) is 0 Å². The first kappa shape index (κ1) is 6.05. The summed E-state index contributed by atoms with van der Waals surface area (Å²) in [4.78, 5) is 0. The summed E-state index contributed by atoms with van der Waals surface area (Å²) >= 11 is 0. The molecule has 0 radical (unpaired) electrons. The van der Waals surface area contributed by atoms with Gasteiger partial charge in [0.25, 0.3) is 0 Å². The molecule has 0 unspecified atom stereocenters. The van der Waals surface area contributed by atoms with Gasteiger partial charge in [-0.05, 0) is 19.9 Å². The molecule has 0 aromatic carbocycles. The van der Waals surface area contributed by atoms with Crippen LogP contribution in [0.2, 0.25) is 0 Å². The summed E-state index contributed by atoms with van der Waals surface area (Å²) in [6.45, 7) is 4.24. The molecular formula is C6H13NO. The average Bonchev–Trinajstić information content (AvgIpc) is 2.17. The van der Waals surface area contributed by atoms with E-state index < -0.39 is 0 Å². The van der Waals surface area contributed by atoms with Gasteiger partial charge in [0.1, 0.15) is 0 Å². The second-order valence-corrected chi connectivity index (χ2v) is 2.58. The second-order valence-electron chi connectivity index (χ2n) is 2.58. The molecule has 1 heterocycles. The highest BCUT2D eigenvalue weighted by molar-refractivity contribution is 4.84. The van der Waals surface area contributed by atoms with E-state index in [1.165, 1.54) is 0 Å². The highest BCUT2D eigenvalue weighted by Gasteiger charge is 2.27. The predicted molar refractivity (Wildman–Crippen MR) is 32.9 cm³/mol. The zero-order chi connectivity index (χ0) is 6.04. The van der Waals surface area contributed by atoms with Gasteiger partial charge < -0.3 is 10.1 Å². The van der Waals surface area contributed by atoms with Crippen LogP contribution in [0.15, 0.2) is 0 Å². The molecule has 0 saturated carbocycles. The van der Waals surface area contributed by atoms with Gasteiger partial charge >= 0.3 is 0 Å². The zero-order valence-electron chi connectivity index (χ0n) is 5.53. The molecule has 1 rings (SSSR count). The maximum atomic E-state index is 5.24. The van der Waals surface area contributed by atoms with Crippen LogP contribution in [0.4, 0.5) is 0 Å². The third kappa shape index (κ3) is 1.01. The van der Waals surface area contributed by atoms with Crippen LogP contribution in [0.1, 0.15) is 13.3 Å². The van der Waals surface area contributed by atoms with Crippen molar-refractivity contribution in [1.82, 2.24) is 5.32 Å². The van der Waals surface area contributed by atoms with Crippen molar-refractivity contribution >= 4 is 0 Å². The molecule has 0 bridgehead atoms. The van der Waals surface area contributed by atoms with Crippen LogP contribution < -0.4 is 5.32 Å². The maximum Gasteiger partial charge on any atom is 0.0786 e. The van der Waals surface area contributed by atoms with Gasteiger partial charge in [0.05, 0.1) is 5.60 Å². The Bertz CT molecular complexity index is 76.6. The van der Waals surface area contributed by atoms with Crippen molar-refractivity contribution < 1.29 is 4.74 Å². The highest BCUT2D eigenvalue weighted by Crippen LogP contribution is 2.16.